The van der Waals surface area contributed by atoms with Crippen molar-refractivity contribution in [1.29, 1.82) is 0 Å². The van der Waals surface area contributed by atoms with Crippen molar-refractivity contribution >= 4 is 5.91 Å². The second kappa shape index (κ2) is 6.48. The predicted molar refractivity (Wildman–Crippen MR) is 101 cm³/mol. The molecule has 0 bridgehead atoms. The normalized spacial score (nSPS) is 23.1. The van der Waals surface area contributed by atoms with Crippen molar-refractivity contribution in [2.24, 2.45) is 12.5 Å². The Hall–Kier alpha value is -2.61. The third-order valence-corrected chi connectivity index (χ3v) is 6.24. The lowest BCUT2D eigenvalue weighted by Gasteiger charge is -2.50. The molecule has 1 aromatic heterocycles. The second-order valence-electron chi connectivity index (χ2n) is 8.24. The van der Waals surface area contributed by atoms with Crippen LogP contribution in [-0.2, 0) is 18.4 Å². The Morgan fingerprint density at radius 2 is 2.00 bits per heavy atom. The summed E-state index contributed by atoms with van der Waals surface area (Å²) >= 11 is 0. The molecule has 8 heteroatoms. The van der Waals surface area contributed by atoms with E-state index in [0.717, 1.165) is 50.0 Å². The van der Waals surface area contributed by atoms with E-state index in [0.29, 0.717) is 13.2 Å². The van der Waals surface area contributed by atoms with Gasteiger partial charge < -0.3 is 18.9 Å². The molecule has 0 N–H and O–H groups in total. The van der Waals surface area contributed by atoms with E-state index >= 15 is 0 Å². The van der Waals surface area contributed by atoms with Crippen LogP contribution in [0.4, 0.5) is 0 Å². The zero-order valence-electron chi connectivity index (χ0n) is 16.3. The van der Waals surface area contributed by atoms with E-state index < -0.39 is 0 Å². The van der Waals surface area contributed by atoms with Gasteiger partial charge in [0.2, 0.25) is 5.91 Å². The average molecular weight is 383 g/mol. The number of ether oxygens (including phenoxy) is 2. The van der Waals surface area contributed by atoms with E-state index in [1.54, 1.807) is 13.3 Å². The van der Waals surface area contributed by atoms with Crippen LogP contribution in [0.5, 0.6) is 11.5 Å². The summed E-state index contributed by atoms with van der Waals surface area (Å²) in [6.07, 6.45) is 1.74. The van der Waals surface area contributed by atoms with Crippen LogP contribution in [0.2, 0.25) is 0 Å². The van der Waals surface area contributed by atoms with Gasteiger partial charge in [0.1, 0.15) is 25.4 Å². The average Bonchev–Trinajstić information content (AvgIpc) is 3.25. The van der Waals surface area contributed by atoms with Crippen LogP contribution in [0, 0.1) is 5.41 Å². The summed E-state index contributed by atoms with van der Waals surface area (Å²) in [5.41, 5.74) is 1.27. The van der Waals surface area contributed by atoms with E-state index in [-0.39, 0.29) is 17.2 Å². The monoisotopic (exact) mass is 383 g/mol. The smallest absolute Gasteiger partial charge is 0.219 e. The standard InChI is InChI=1S/C20H25N5O3/c1-14(26)25-9-16(19-22-21-13-23(19)2)20(12-25)10-24(11-20)8-15-3-4-17-18(7-15)28-6-5-27-17/h3-4,7,13,16H,5-6,8-12H2,1-2H3. The van der Waals surface area contributed by atoms with Crippen molar-refractivity contribution in [3.63, 3.8) is 0 Å². The summed E-state index contributed by atoms with van der Waals surface area (Å²) < 4.78 is 13.3. The van der Waals surface area contributed by atoms with Gasteiger partial charge in [0.15, 0.2) is 11.5 Å². The molecule has 2 aromatic rings. The number of aromatic nitrogens is 3. The Labute approximate surface area is 164 Å². The fraction of sp³-hybridized carbons (Fsp3) is 0.550. The number of rotatable bonds is 3. The van der Waals surface area contributed by atoms with Crippen molar-refractivity contribution in [1.82, 2.24) is 24.6 Å². The van der Waals surface area contributed by atoms with Crippen molar-refractivity contribution in [3.8, 4) is 11.5 Å². The highest BCUT2D eigenvalue weighted by Gasteiger charge is 2.56. The molecule has 3 aliphatic heterocycles. The van der Waals surface area contributed by atoms with Crippen LogP contribution in [0.15, 0.2) is 24.5 Å². The predicted octanol–water partition coefficient (Wildman–Crippen LogP) is 1.03. The van der Waals surface area contributed by atoms with Gasteiger partial charge >= 0.3 is 0 Å². The minimum atomic E-state index is 0.0558. The van der Waals surface area contributed by atoms with Gasteiger partial charge in [0, 0.05) is 58.0 Å². The van der Waals surface area contributed by atoms with Gasteiger partial charge in [0.25, 0.3) is 0 Å². The molecule has 4 heterocycles. The van der Waals surface area contributed by atoms with E-state index in [2.05, 4.69) is 27.2 Å². The number of carbonyl (C=O) groups is 1. The second-order valence-corrected chi connectivity index (χ2v) is 8.24. The van der Waals surface area contributed by atoms with E-state index in [4.69, 9.17) is 9.47 Å². The number of amides is 1. The maximum atomic E-state index is 12.0. The lowest BCUT2D eigenvalue weighted by Crippen LogP contribution is -2.59. The van der Waals surface area contributed by atoms with Crippen LogP contribution in [0.3, 0.4) is 0 Å². The number of carbonyl (C=O) groups excluding carboxylic acids is 1. The van der Waals surface area contributed by atoms with Gasteiger partial charge in [-0.2, -0.15) is 0 Å². The van der Waals surface area contributed by atoms with Crippen LogP contribution in [0.1, 0.15) is 24.2 Å². The highest BCUT2D eigenvalue weighted by Crippen LogP contribution is 2.49. The molecule has 8 nitrogen and oxygen atoms in total. The van der Waals surface area contributed by atoms with Crippen molar-refractivity contribution in [2.45, 2.75) is 19.4 Å². The molecule has 0 saturated carbocycles. The Balaban J connectivity index is 1.32. The largest absolute Gasteiger partial charge is 0.486 e. The molecule has 1 atom stereocenters. The molecule has 3 aliphatic rings. The highest BCUT2D eigenvalue weighted by molar-refractivity contribution is 5.74. The lowest BCUT2D eigenvalue weighted by atomic mass is 9.71. The SMILES string of the molecule is CC(=O)N1CC(c2nncn2C)C2(CN(Cc3ccc4c(c3)OCCO4)C2)C1. The third kappa shape index (κ3) is 2.83. The zero-order valence-corrected chi connectivity index (χ0v) is 16.3. The van der Waals surface area contributed by atoms with Gasteiger partial charge in [-0.15, -0.1) is 10.2 Å². The topological polar surface area (TPSA) is 72.7 Å². The summed E-state index contributed by atoms with van der Waals surface area (Å²) in [6.45, 7) is 7.13. The quantitative estimate of drug-likeness (QED) is 0.789. The first-order chi connectivity index (χ1) is 13.5. The van der Waals surface area contributed by atoms with Gasteiger partial charge in [-0.3, -0.25) is 9.69 Å². The van der Waals surface area contributed by atoms with Crippen molar-refractivity contribution < 1.29 is 14.3 Å². The number of fused-ring (bicyclic) bond motifs is 1. The minimum absolute atomic E-state index is 0.0558. The molecule has 28 heavy (non-hydrogen) atoms. The minimum Gasteiger partial charge on any atom is -0.486 e. The fourth-order valence-corrected chi connectivity index (χ4v) is 4.89. The number of hydrogen-bond acceptors (Lipinski definition) is 6. The van der Waals surface area contributed by atoms with E-state index in [1.807, 2.05) is 22.6 Å². The third-order valence-electron chi connectivity index (χ3n) is 6.24. The van der Waals surface area contributed by atoms with Gasteiger partial charge in [-0.25, -0.2) is 0 Å². The Morgan fingerprint density at radius 1 is 1.21 bits per heavy atom. The summed E-state index contributed by atoms with van der Waals surface area (Å²) in [5, 5.41) is 8.41. The Morgan fingerprint density at radius 3 is 2.71 bits per heavy atom. The number of nitrogens with zero attached hydrogens (tertiary/aromatic N) is 5. The molecule has 0 aliphatic carbocycles. The molecule has 1 spiro atoms. The van der Waals surface area contributed by atoms with Crippen LogP contribution in [-0.4, -0.2) is 69.9 Å². The van der Waals surface area contributed by atoms with Crippen LogP contribution in [0.25, 0.3) is 0 Å². The fourth-order valence-electron chi connectivity index (χ4n) is 4.89. The summed E-state index contributed by atoms with van der Waals surface area (Å²) in [7, 11) is 1.98. The molecule has 1 amide bonds. The Kier molecular flexibility index (Phi) is 4.04. The van der Waals surface area contributed by atoms with Crippen LogP contribution < -0.4 is 9.47 Å². The molecule has 5 rings (SSSR count). The number of likely N-dealkylation sites (tertiary alicyclic amines) is 2. The van der Waals surface area contributed by atoms with E-state index in [9.17, 15) is 4.79 Å². The van der Waals surface area contributed by atoms with Crippen molar-refractivity contribution in [3.05, 3.63) is 35.9 Å². The molecule has 148 valence electrons. The van der Waals surface area contributed by atoms with Gasteiger partial charge in [-0.1, -0.05) is 6.07 Å². The van der Waals surface area contributed by atoms with Gasteiger partial charge in [-0.05, 0) is 17.7 Å². The van der Waals surface area contributed by atoms with Crippen LogP contribution >= 0.6 is 0 Å². The first-order valence-electron chi connectivity index (χ1n) is 9.74. The number of aryl methyl sites for hydroxylation is 1. The summed E-state index contributed by atoms with van der Waals surface area (Å²) in [5.74, 6) is 2.99. The number of benzene rings is 1. The van der Waals surface area contributed by atoms with Gasteiger partial charge in [0.05, 0.1) is 0 Å². The highest BCUT2D eigenvalue weighted by atomic mass is 16.6. The first-order valence-corrected chi connectivity index (χ1v) is 9.74. The maximum Gasteiger partial charge on any atom is 0.219 e. The molecular weight excluding hydrogens is 358 g/mol. The number of hydrogen-bond donors (Lipinski definition) is 0. The maximum absolute atomic E-state index is 12.0. The first kappa shape index (κ1) is 17.5. The Bertz CT molecular complexity index is 905. The summed E-state index contributed by atoms with van der Waals surface area (Å²) in [6, 6.07) is 6.18. The molecule has 2 fully saturated rings. The summed E-state index contributed by atoms with van der Waals surface area (Å²) in [4.78, 5) is 16.4. The van der Waals surface area contributed by atoms with E-state index in [1.165, 1.54) is 5.56 Å². The molecule has 2 saturated heterocycles. The molecule has 0 radical (unpaired) electrons. The molecule has 1 unspecified atom stereocenters. The lowest BCUT2D eigenvalue weighted by molar-refractivity contribution is -0.128. The zero-order chi connectivity index (χ0) is 19.3. The van der Waals surface area contributed by atoms with Crippen molar-refractivity contribution in [2.75, 3.05) is 39.4 Å². The molecule has 1 aromatic carbocycles. The molecular formula is C20H25N5O3.